The summed E-state index contributed by atoms with van der Waals surface area (Å²) in [5, 5.41) is 10.4. The van der Waals surface area contributed by atoms with Crippen LogP contribution in [0.15, 0.2) is 16.6 Å². The van der Waals surface area contributed by atoms with Crippen LogP contribution in [-0.2, 0) is 0 Å². The maximum atomic E-state index is 10.8. The molecule has 0 atom stereocenters. The lowest BCUT2D eigenvalue weighted by Crippen LogP contribution is -2.57. The Morgan fingerprint density at radius 2 is 2.21 bits per heavy atom. The van der Waals surface area contributed by atoms with E-state index in [9.17, 15) is 9.70 Å². The predicted octanol–water partition coefficient (Wildman–Crippen LogP) is 0.634. The zero-order valence-electron chi connectivity index (χ0n) is 7.20. The number of carboxylic acids is 1. The van der Waals surface area contributed by atoms with Gasteiger partial charge in [-0.1, -0.05) is 0 Å². The highest BCUT2D eigenvalue weighted by atomic mass is 79.9. The quantitative estimate of drug-likeness (QED) is 0.836. The summed E-state index contributed by atoms with van der Waals surface area (Å²) in [6.07, 6.45) is 0. The van der Waals surface area contributed by atoms with Crippen LogP contribution in [0, 0.1) is 4.91 Å². The fourth-order valence-electron chi connectivity index (χ4n) is 1.04. The first kappa shape index (κ1) is 10.6. The molecule has 0 bridgehead atoms. The van der Waals surface area contributed by atoms with Gasteiger partial charge in [0, 0.05) is 14.6 Å². The molecule has 0 aromatic heterocycles. The molecule has 1 rings (SSSR count). The number of rotatable bonds is 3. The number of aromatic carboxylic acids is 1. The minimum absolute atomic E-state index is 0.0885. The summed E-state index contributed by atoms with van der Waals surface area (Å²) in [7, 11) is 1.36. The van der Waals surface area contributed by atoms with E-state index in [2.05, 4.69) is 15.9 Å². The lowest BCUT2D eigenvalue weighted by Gasteiger charge is -2.02. The van der Waals surface area contributed by atoms with Crippen LogP contribution in [0.4, 0.5) is 5.69 Å². The summed E-state index contributed by atoms with van der Waals surface area (Å²) in [6.45, 7) is 0. The third-order valence-electron chi connectivity index (χ3n) is 1.65. The summed E-state index contributed by atoms with van der Waals surface area (Å²) in [5.74, 6) is -1.00. The van der Waals surface area contributed by atoms with E-state index >= 15 is 0 Å². The lowest BCUT2D eigenvalue weighted by atomic mass is 10.1. The number of nitrogens with one attached hydrogen (secondary N) is 1. The first-order valence-corrected chi connectivity index (χ1v) is 4.39. The van der Waals surface area contributed by atoms with E-state index in [0.717, 1.165) is 0 Å². The van der Waals surface area contributed by atoms with Gasteiger partial charge in [-0.3, -0.25) is 0 Å². The summed E-state index contributed by atoms with van der Waals surface area (Å²) in [5.41, 5.74) is -0.228. The molecule has 0 radical (unpaired) electrons. The molecule has 0 unspecified atom stereocenters. The van der Waals surface area contributed by atoms with Crippen molar-refractivity contribution in [3.8, 4) is 5.75 Å². The van der Waals surface area contributed by atoms with Crippen molar-refractivity contribution in [1.29, 1.82) is 0 Å². The second-order valence-corrected chi connectivity index (χ2v) is 3.26. The Balaban J connectivity index is 3.50. The van der Waals surface area contributed by atoms with Crippen molar-refractivity contribution in [3.05, 3.63) is 27.1 Å². The Morgan fingerprint density at radius 1 is 1.57 bits per heavy atom. The van der Waals surface area contributed by atoms with Gasteiger partial charge in [0.05, 0.1) is 7.11 Å². The molecule has 6 heteroatoms. The predicted molar refractivity (Wildman–Crippen MR) is 51.6 cm³/mol. The number of halogens is 1. The van der Waals surface area contributed by atoms with Crippen LogP contribution in [0.5, 0.6) is 5.75 Å². The van der Waals surface area contributed by atoms with Gasteiger partial charge in [-0.2, -0.15) is 0 Å². The Kier molecular flexibility index (Phi) is 3.19. The molecule has 5 nitrogen and oxygen atoms in total. The summed E-state index contributed by atoms with van der Waals surface area (Å²) >= 11 is 3.04. The monoisotopic (exact) mass is 260 g/mol. The van der Waals surface area contributed by atoms with Gasteiger partial charge in [0.1, 0.15) is 0 Å². The van der Waals surface area contributed by atoms with Gasteiger partial charge in [0.15, 0.2) is 11.3 Å². The molecule has 0 aliphatic heterocycles. The van der Waals surface area contributed by atoms with E-state index < -0.39 is 5.97 Å². The van der Waals surface area contributed by atoms with E-state index in [1.807, 2.05) is 0 Å². The van der Waals surface area contributed by atoms with Gasteiger partial charge >= 0.3 is 11.7 Å². The van der Waals surface area contributed by atoms with Crippen LogP contribution < -0.4 is 9.91 Å². The van der Waals surface area contributed by atoms with Crippen molar-refractivity contribution >= 4 is 27.6 Å². The van der Waals surface area contributed by atoms with E-state index in [-0.39, 0.29) is 17.0 Å². The van der Waals surface area contributed by atoms with Gasteiger partial charge in [-0.15, -0.1) is 0 Å². The minimum atomic E-state index is -1.20. The maximum absolute atomic E-state index is 10.8. The second kappa shape index (κ2) is 4.19. The van der Waals surface area contributed by atoms with Gasteiger partial charge in [0.2, 0.25) is 0 Å². The molecule has 0 aliphatic rings. The van der Waals surface area contributed by atoms with Gasteiger partial charge < -0.3 is 9.84 Å². The minimum Gasteiger partial charge on any atom is -0.490 e. The molecule has 0 aliphatic carbocycles. The third-order valence-corrected chi connectivity index (χ3v) is 2.31. The van der Waals surface area contributed by atoms with Crippen LogP contribution in [0.2, 0.25) is 0 Å². The van der Waals surface area contributed by atoms with Gasteiger partial charge in [-0.05, 0) is 28.1 Å². The number of methoxy groups -OCH3 is 1. The Morgan fingerprint density at radius 3 is 2.64 bits per heavy atom. The molecule has 0 spiro atoms. The van der Waals surface area contributed by atoms with Crippen molar-refractivity contribution < 1.29 is 19.8 Å². The Labute approximate surface area is 87.8 Å². The molecule has 1 aromatic carbocycles. The molecule has 1 aromatic rings. The number of carboxylic acid groups (broad SMARTS) is 1. The van der Waals surface area contributed by atoms with E-state index in [1.165, 1.54) is 19.2 Å². The van der Waals surface area contributed by atoms with Crippen LogP contribution in [-0.4, -0.2) is 18.2 Å². The van der Waals surface area contributed by atoms with Crippen molar-refractivity contribution in [3.63, 3.8) is 0 Å². The number of ether oxygens (including phenoxy) is 1. The molecule has 2 N–H and O–H groups in total. The smallest absolute Gasteiger partial charge is 0.343 e. The highest BCUT2D eigenvalue weighted by molar-refractivity contribution is 9.10. The van der Waals surface area contributed by atoms with Gasteiger partial charge in [-0.25, -0.2) is 4.79 Å². The number of hydrogen-bond acceptors (Lipinski definition) is 3. The zero-order chi connectivity index (χ0) is 10.7. The molecule has 14 heavy (non-hydrogen) atoms. The highest BCUT2D eigenvalue weighted by Crippen LogP contribution is 2.29. The molecular formula is C8H7BrNO4+. The number of benzene rings is 1. The van der Waals surface area contributed by atoms with E-state index in [1.54, 1.807) is 5.18 Å². The normalized spacial score (nSPS) is 9.57. The first-order valence-electron chi connectivity index (χ1n) is 3.59. The fourth-order valence-corrected chi connectivity index (χ4v) is 1.54. The number of nitroso groups, excluding NO2 is 1. The number of hydrogen-bond donors (Lipinski definition) is 2. The topological polar surface area (TPSA) is 77.6 Å². The van der Waals surface area contributed by atoms with E-state index in [4.69, 9.17) is 9.84 Å². The van der Waals surface area contributed by atoms with Crippen LogP contribution in [0.1, 0.15) is 10.4 Å². The molecule has 0 saturated heterocycles. The zero-order valence-corrected chi connectivity index (χ0v) is 8.79. The fraction of sp³-hybridized carbons (Fsp3) is 0.125. The summed E-state index contributed by atoms with van der Waals surface area (Å²) in [6, 6.07) is 3.00. The maximum Gasteiger partial charge on any atom is 0.343 e. The summed E-state index contributed by atoms with van der Waals surface area (Å²) in [4.78, 5) is 21.4. The molecular weight excluding hydrogens is 254 g/mol. The Hall–Kier alpha value is -1.43. The molecule has 0 amide bonds. The van der Waals surface area contributed by atoms with E-state index in [0.29, 0.717) is 4.47 Å². The second-order valence-electron chi connectivity index (χ2n) is 2.41. The van der Waals surface area contributed by atoms with Crippen molar-refractivity contribution in [2.24, 2.45) is 0 Å². The lowest BCUT2D eigenvalue weighted by molar-refractivity contribution is -0.380. The third kappa shape index (κ3) is 1.74. The summed E-state index contributed by atoms with van der Waals surface area (Å²) < 4.78 is 5.16. The first-order chi connectivity index (χ1) is 6.61. The van der Waals surface area contributed by atoms with Crippen LogP contribution in [0.3, 0.4) is 0 Å². The largest absolute Gasteiger partial charge is 0.490 e. The molecule has 0 saturated carbocycles. The molecule has 0 fully saturated rings. The standard InChI is InChI=1S/C8H6BrNO4/c1-14-5-3-2-4(9)6(8(11)12)7(5)10-13/h2-3H,1H3,(H,11,12)/p+1. The Bertz CT molecular complexity index is 391. The van der Waals surface area contributed by atoms with Crippen molar-refractivity contribution in [1.82, 2.24) is 0 Å². The molecule has 74 valence electrons. The van der Waals surface area contributed by atoms with Gasteiger partial charge in [0.25, 0.3) is 0 Å². The van der Waals surface area contributed by atoms with Crippen molar-refractivity contribution in [2.45, 2.75) is 0 Å². The van der Waals surface area contributed by atoms with Crippen LogP contribution >= 0.6 is 15.9 Å². The van der Waals surface area contributed by atoms with Crippen LogP contribution in [0.25, 0.3) is 0 Å². The highest BCUT2D eigenvalue weighted by Gasteiger charge is 2.24. The average Bonchev–Trinajstić information content (AvgIpc) is 2.16. The number of carbonyl (C=O) groups is 1. The van der Waals surface area contributed by atoms with Crippen molar-refractivity contribution in [2.75, 3.05) is 7.11 Å². The SMILES string of the molecule is COc1ccc(Br)c(C(=O)O)c1[NH+]=O. The molecule has 0 heterocycles. The average molecular weight is 261 g/mol.